The molecule has 10 heteroatoms. The molecule has 276 valence electrons. The van der Waals surface area contributed by atoms with Gasteiger partial charge in [0.15, 0.2) is 11.6 Å². The van der Waals surface area contributed by atoms with Crippen LogP contribution >= 0.6 is 11.3 Å². The Kier molecular flexibility index (Phi) is 12.8. The summed E-state index contributed by atoms with van der Waals surface area (Å²) in [7, 11) is 0. The van der Waals surface area contributed by atoms with E-state index in [2.05, 4.69) is 10.6 Å². The van der Waals surface area contributed by atoms with Gasteiger partial charge in [0.1, 0.15) is 18.4 Å². The number of ether oxygens (including phenoxy) is 1. The van der Waals surface area contributed by atoms with E-state index in [9.17, 15) is 29.1 Å². The lowest BCUT2D eigenvalue weighted by Gasteiger charge is -2.26. The number of carbonyl (C=O) groups is 5. The van der Waals surface area contributed by atoms with E-state index in [0.717, 1.165) is 27.1 Å². The number of hydrogen-bond acceptors (Lipinski definition) is 7. The first-order chi connectivity index (χ1) is 26.2. The minimum Gasteiger partial charge on any atom is -0.486 e. The molecule has 0 spiro atoms. The summed E-state index contributed by atoms with van der Waals surface area (Å²) in [6, 6.07) is 35.1. The molecule has 4 atom stereocenters. The molecule has 0 unspecified atom stereocenters. The first kappa shape index (κ1) is 37.9. The summed E-state index contributed by atoms with van der Waals surface area (Å²) in [4.78, 5) is 69.1. The number of fused-ring (bicyclic) bond motifs is 16. The lowest BCUT2D eigenvalue weighted by atomic mass is 9.90. The molecule has 4 aromatic carbocycles. The van der Waals surface area contributed by atoms with Gasteiger partial charge in [-0.3, -0.25) is 24.0 Å². The number of nitrogens with one attached hydrogen (secondary N) is 2. The summed E-state index contributed by atoms with van der Waals surface area (Å²) >= 11 is 1.48. The van der Waals surface area contributed by atoms with E-state index in [0.29, 0.717) is 11.3 Å². The van der Waals surface area contributed by atoms with Crippen molar-refractivity contribution < 1.29 is 33.8 Å². The highest BCUT2D eigenvalue weighted by atomic mass is 32.1. The van der Waals surface area contributed by atoms with Crippen LogP contribution in [0.3, 0.4) is 0 Å². The molecule has 0 fully saturated rings. The number of carboxylic acids is 1. The quantitative estimate of drug-likeness (QED) is 0.170. The van der Waals surface area contributed by atoms with E-state index in [1.165, 1.54) is 11.3 Å². The number of carbonyl (C=O) groups excluding carboxylic acids is 4. The second-order valence-corrected chi connectivity index (χ2v) is 14.7. The summed E-state index contributed by atoms with van der Waals surface area (Å²) in [6.45, 7) is -0.265. The predicted molar refractivity (Wildman–Crippen MR) is 207 cm³/mol. The maximum Gasteiger partial charge on any atom is 0.307 e. The topological polar surface area (TPSA) is 139 Å². The van der Waals surface area contributed by atoms with E-state index in [4.69, 9.17) is 4.74 Å². The molecule has 0 aliphatic carbocycles. The molecule has 0 saturated carbocycles. The van der Waals surface area contributed by atoms with Gasteiger partial charge < -0.3 is 20.5 Å². The summed E-state index contributed by atoms with van der Waals surface area (Å²) in [5.74, 6) is -4.35. The Hall–Kier alpha value is -5.87. The molecule has 2 amide bonds. The van der Waals surface area contributed by atoms with E-state index >= 15 is 0 Å². The van der Waals surface area contributed by atoms with Gasteiger partial charge in [-0.1, -0.05) is 103 Å². The minimum atomic E-state index is -1.13. The fraction of sp³-hybridized carbons (Fsp3) is 0.250. The zero-order valence-electron chi connectivity index (χ0n) is 29.7. The minimum absolute atomic E-state index is 0.0777. The van der Waals surface area contributed by atoms with Gasteiger partial charge in [-0.05, 0) is 70.7 Å². The number of carboxylic acid groups (broad SMARTS) is 1. The van der Waals surface area contributed by atoms with Crippen LogP contribution < -0.4 is 15.4 Å². The highest BCUT2D eigenvalue weighted by molar-refractivity contribution is 7.09. The summed E-state index contributed by atoms with van der Waals surface area (Å²) in [5.41, 5.74) is 4.25. The van der Waals surface area contributed by atoms with Gasteiger partial charge in [0.25, 0.3) is 0 Å². The first-order valence-corrected chi connectivity index (χ1v) is 18.9. The second kappa shape index (κ2) is 18.3. The van der Waals surface area contributed by atoms with Crippen molar-refractivity contribution in [1.29, 1.82) is 0 Å². The fourth-order valence-corrected chi connectivity index (χ4v) is 7.42. The normalized spacial score (nSPS) is 20.1. The molecule has 3 N–H and O–H groups in total. The third-order valence-corrected chi connectivity index (χ3v) is 10.5. The van der Waals surface area contributed by atoms with Gasteiger partial charge in [-0.25, -0.2) is 0 Å². The molecule has 5 aromatic rings. The third kappa shape index (κ3) is 10.6. The monoisotopic (exact) mass is 742 g/mol. The third-order valence-electron chi connectivity index (χ3n) is 9.60. The van der Waals surface area contributed by atoms with Gasteiger partial charge in [-0.15, -0.1) is 11.3 Å². The molecule has 1 aromatic heterocycles. The number of rotatable bonds is 8. The van der Waals surface area contributed by atoms with Crippen LogP contribution in [0.25, 0.3) is 11.1 Å². The Bertz CT molecular complexity index is 2030. The van der Waals surface area contributed by atoms with Gasteiger partial charge in [0.05, 0.1) is 12.0 Å². The number of amides is 2. The lowest BCUT2D eigenvalue weighted by molar-refractivity contribution is -0.144. The molecule has 0 radical (unpaired) electrons. The number of hydrogen-bond donors (Lipinski definition) is 3. The maximum atomic E-state index is 14.3. The van der Waals surface area contributed by atoms with Crippen molar-refractivity contribution in [2.75, 3.05) is 6.61 Å². The summed E-state index contributed by atoms with van der Waals surface area (Å²) in [6.07, 6.45) is 0.168. The average molecular weight is 743 g/mol. The molecule has 54 heavy (non-hydrogen) atoms. The van der Waals surface area contributed by atoms with Crippen LogP contribution in [0.2, 0.25) is 0 Å². The van der Waals surface area contributed by atoms with Crippen molar-refractivity contribution in [3.8, 4) is 16.9 Å². The zero-order chi connectivity index (χ0) is 37.9. The van der Waals surface area contributed by atoms with Crippen LogP contribution in [-0.4, -0.2) is 53.1 Å². The molecule has 0 saturated heterocycles. The van der Waals surface area contributed by atoms with E-state index in [-0.39, 0.29) is 50.9 Å². The highest BCUT2D eigenvalue weighted by Gasteiger charge is 2.33. The van der Waals surface area contributed by atoms with E-state index in [1.54, 1.807) is 24.3 Å². The highest BCUT2D eigenvalue weighted by Crippen LogP contribution is 2.23. The molecule has 2 bridgehead atoms. The predicted octanol–water partition coefficient (Wildman–Crippen LogP) is 6.28. The smallest absolute Gasteiger partial charge is 0.307 e. The van der Waals surface area contributed by atoms with Crippen molar-refractivity contribution in [1.82, 2.24) is 10.6 Å². The van der Waals surface area contributed by atoms with Crippen molar-refractivity contribution in [2.45, 2.75) is 50.6 Å². The number of ketones is 2. The van der Waals surface area contributed by atoms with Crippen LogP contribution in [0.4, 0.5) is 0 Å². The standard InChI is InChI=1S/C44H42N2O7S/c47-36-25-34(26-38-12-7-21-54-38)42(49)46-40(24-31-13-17-33(18-14-31)32-10-5-2-6-11-32)43(50)45-39(23-29-8-3-1-4-9-29)41(48)27-35(44(51)52)22-30-15-19-37(20-16-30)53-28-36/h1-21,34-35,39-40H,22-28H2,(H,45,50)(H,46,49)(H,51,52)/t34-,35-,39-,40+/m0/s1. The van der Waals surface area contributed by atoms with Crippen molar-refractivity contribution in [3.63, 3.8) is 0 Å². The van der Waals surface area contributed by atoms with E-state index < -0.39 is 47.5 Å². The van der Waals surface area contributed by atoms with Crippen LogP contribution in [-0.2, 0) is 49.7 Å². The van der Waals surface area contributed by atoms with Gasteiger partial charge in [0, 0.05) is 30.1 Å². The van der Waals surface area contributed by atoms with Crippen molar-refractivity contribution >= 4 is 40.7 Å². The molecule has 3 heterocycles. The molecule has 2 aliphatic heterocycles. The van der Waals surface area contributed by atoms with Gasteiger partial charge >= 0.3 is 5.97 Å². The van der Waals surface area contributed by atoms with Crippen molar-refractivity contribution in [3.05, 3.63) is 148 Å². The Balaban J connectivity index is 1.34. The molecular formula is C44H42N2O7S. The first-order valence-electron chi connectivity index (χ1n) is 18.0. The Morgan fingerprint density at radius 1 is 0.648 bits per heavy atom. The average Bonchev–Trinajstić information content (AvgIpc) is 3.70. The Morgan fingerprint density at radius 3 is 1.94 bits per heavy atom. The SMILES string of the molecule is O=C1COc2ccc(cc2)C[C@H](C(=O)O)CC(=O)[C@H](Cc2ccccc2)NC(=O)[C@@H](Cc2ccc(-c3ccccc3)cc2)NC(=O)[C@H](Cc2cccs2)C1. The fourth-order valence-electron chi connectivity index (χ4n) is 6.63. The van der Waals surface area contributed by atoms with E-state index in [1.807, 2.05) is 102 Å². The van der Waals surface area contributed by atoms with Crippen LogP contribution in [0.15, 0.2) is 127 Å². The van der Waals surface area contributed by atoms with Gasteiger partial charge in [0.2, 0.25) is 11.8 Å². The maximum absolute atomic E-state index is 14.3. The van der Waals surface area contributed by atoms with Gasteiger partial charge in [-0.2, -0.15) is 0 Å². The number of thiophene rings is 1. The summed E-state index contributed by atoms with van der Waals surface area (Å²) in [5, 5.41) is 17.9. The van der Waals surface area contributed by atoms with Crippen LogP contribution in [0.5, 0.6) is 5.75 Å². The molecule has 9 nitrogen and oxygen atoms in total. The second-order valence-electron chi connectivity index (χ2n) is 13.6. The number of benzene rings is 4. The number of aliphatic carboxylic acids is 1. The Morgan fingerprint density at radius 2 is 1.28 bits per heavy atom. The Labute approximate surface area is 318 Å². The number of Topliss-reactive ketones (excluding diaryl/α,β-unsaturated/α-hetero) is 2. The molecule has 7 rings (SSSR count). The van der Waals surface area contributed by atoms with Crippen molar-refractivity contribution in [2.24, 2.45) is 11.8 Å². The van der Waals surface area contributed by atoms with Crippen LogP contribution in [0, 0.1) is 11.8 Å². The molecule has 2 aliphatic rings. The van der Waals surface area contributed by atoms with Crippen LogP contribution in [0.1, 0.15) is 34.4 Å². The summed E-state index contributed by atoms with van der Waals surface area (Å²) < 4.78 is 5.76. The largest absolute Gasteiger partial charge is 0.486 e. The zero-order valence-corrected chi connectivity index (χ0v) is 30.5. The lowest BCUT2D eigenvalue weighted by Crippen LogP contribution is -2.54. The molecular weight excluding hydrogens is 701 g/mol.